The SMILES string of the molecule is O=C(CN(CC1CCCCN1)C(=O)c1cnn([C@H]2CC[C@H](C(=O)O)CC2)c1C(F)(F)F)c1c(Cl)cncc1Cl. The van der Waals surface area contributed by atoms with Gasteiger partial charge in [-0.1, -0.05) is 29.6 Å². The normalized spacial score (nSPS) is 21.9. The maximum absolute atomic E-state index is 14.4. The predicted molar refractivity (Wildman–Crippen MR) is 136 cm³/mol. The van der Waals surface area contributed by atoms with Crippen LogP contribution in [0, 0.1) is 5.92 Å². The van der Waals surface area contributed by atoms with E-state index in [1.165, 1.54) is 12.4 Å². The van der Waals surface area contributed by atoms with Crippen molar-refractivity contribution in [2.75, 3.05) is 19.6 Å². The first kappa shape index (κ1) is 29.3. The Morgan fingerprint density at radius 1 is 1.05 bits per heavy atom. The molecule has 0 spiro atoms. The Kier molecular flexibility index (Phi) is 9.18. The molecule has 212 valence electrons. The van der Waals surface area contributed by atoms with Gasteiger partial charge in [-0.05, 0) is 45.1 Å². The molecule has 0 bridgehead atoms. The number of hydrogen-bond acceptors (Lipinski definition) is 6. The molecule has 0 aromatic carbocycles. The van der Waals surface area contributed by atoms with Crippen LogP contribution in [0.4, 0.5) is 13.2 Å². The molecule has 1 atom stereocenters. The fourth-order valence-electron chi connectivity index (χ4n) is 5.31. The van der Waals surface area contributed by atoms with Crippen molar-refractivity contribution in [1.29, 1.82) is 0 Å². The fraction of sp³-hybridized carbons (Fsp3) is 0.560. The minimum atomic E-state index is -4.92. The molecule has 1 aliphatic carbocycles. The highest BCUT2D eigenvalue weighted by molar-refractivity contribution is 6.39. The Morgan fingerprint density at radius 3 is 2.28 bits per heavy atom. The molecule has 9 nitrogen and oxygen atoms in total. The fourth-order valence-corrected chi connectivity index (χ4v) is 5.89. The lowest BCUT2D eigenvalue weighted by atomic mass is 9.86. The standard InChI is InChI=1S/C25H28Cl2F3N5O4/c26-18-10-31-11-19(27)21(18)20(36)13-34(12-15-3-1-2-8-32-15)23(37)17-9-33-35(22(17)25(28,29)30)16-6-4-14(5-7-16)24(38)39/h9-11,14-16,32H,1-8,12-13H2,(H,38,39)/t14-,15?,16-. The first-order valence-electron chi connectivity index (χ1n) is 12.7. The molecule has 3 heterocycles. The number of ketones is 1. The van der Waals surface area contributed by atoms with E-state index in [1.807, 2.05) is 0 Å². The molecule has 0 radical (unpaired) electrons. The monoisotopic (exact) mass is 589 g/mol. The second kappa shape index (κ2) is 12.2. The van der Waals surface area contributed by atoms with Gasteiger partial charge in [-0.2, -0.15) is 18.3 Å². The number of aliphatic carboxylic acids is 1. The van der Waals surface area contributed by atoms with Crippen LogP contribution in [0.15, 0.2) is 18.6 Å². The molecule has 2 aromatic heterocycles. The highest BCUT2D eigenvalue weighted by atomic mass is 35.5. The van der Waals surface area contributed by atoms with Crippen molar-refractivity contribution in [2.24, 2.45) is 5.92 Å². The lowest BCUT2D eigenvalue weighted by molar-refractivity contribution is -0.147. The van der Waals surface area contributed by atoms with Crippen LogP contribution in [0.1, 0.15) is 77.4 Å². The maximum atomic E-state index is 14.4. The second-order valence-electron chi connectivity index (χ2n) is 9.93. The number of rotatable bonds is 8. The van der Waals surface area contributed by atoms with Crippen molar-refractivity contribution in [3.63, 3.8) is 0 Å². The molecule has 1 saturated carbocycles. The van der Waals surface area contributed by atoms with Gasteiger partial charge in [-0.25, -0.2) is 0 Å². The summed E-state index contributed by atoms with van der Waals surface area (Å²) in [6, 6.07) is -0.919. The van der Waals surface area contributed by atoms with Crippen molar-refractivity contribution in [3.05, 3.63) is 45.5 Å². The van der Waals surface area contributed by atoms with Gasteiger partial charge in [0, 0.05) is 25.0 Å². The lowest BCUT2D eigenvalue weighted by Gasteiger charge is -2.31. The molecule has 1 aliphatic heterocycles. The first-order chi connectivity index (χ1) is 18.5. The molecule has 2 fully saturated rings. The highest BCUT2D eigenvalue weighted by Crippen LogP contribution is 2.39. The zero-order valence-corrected chi connectivity index (χ0v) is 22.4. The van der Waals surface area contributed by atoms with Gasteiger partial charge >= 0.3 is 12.1 Å². The summed E-state index contributed by atoms with van der Waals surface area (Å²) in [5.74, 6) is -3.23. The molecule has 14 heteroatoms. The number of alkyl halides is 3. The number of carbonyl (C=O) groups excluding carboxylic acids is 2. The Bertz CT molecular complexity index is 1200. The van der Waals surface area contributed by atoms with E-state index in [2.05, 4.69) is 15.4 Å². The van der Waals surface area contributed by atoms with E-state index in [4.69, 9.17) is 23.2 Å². The van der Waals surface area contributed by atoms with Crippen LogP contribution < -0.4 is 5.32 Å². The molecule has 4 rings (SSSR count). The number of pyridine rings is 1. The van der Waals surface area contributed by atoms with E-state index in [0.717, 1.165) is 28.6 Å². The Balaban J connectivity index is 1.65. The maximum Gasteiger partial charge on any atom is 0.433 e. The zero-order valence-electron chi connectivity index (χ0n) is 20.9. The van der Waals surface area contributed by atoms with Crippen molar-refractivity contribution >= 4 is 40.9 Å². The third-order valence-corrected chi connectivity index (χ3v) is 7.87. The summed E-state index contributed by atoms with van der Waals surface area (Å²) in [4.78, 5) is 43.1. The molecule has 2 N–H and O–H groups in total. The van der Waals surface area contributed by atoms with Crippen molar-refractivity contribution < 1.29 is 32.7 Å². The summed E-state index contributed by atoms with van der Waals surface area (Å²) < 4.78 is 43.9. The number of carboxylic acid groups (broad SMARTS) is 1. The summed E-state index contributed by atoms with van der Waals surface area (Å²) in [7, 11) is 0. The van der Waals surface area contributed by atoms with Crippen molar-refractivity contribution in [1.82, 2.24) is 25.0 Å². The summed E-state index contributed by atoms with van der Waals surface area (Å²) in [6.07, 6.45) is 1.69. The van der Waals surface area contributed by atoms with Gasteiger partial charge in [-0.3, -0.25) is 24.0 Å². The highest BCUT2D eigenvalue weighted by Gasteiger charge is 2.43. The van der Waals surface area contributed by atoms with Gasteiger partial charge in [0.1, 0.15) is 0 Å². The van der Waals surface area contributed by atoms with Crippen molar-refractivity contribution in [2.45, 2.75) is 63.2 Å². The Labute approximate surface area is 232 Å². The Morgan fingerprint density at radius 2 is 1.72 bits per heavy atom. The first-order valence-corrected chi connectivity index (χ1v) is 13.4. The van der Waals surface area contributed by atoms with Gasteiger partial charge in [0.15, 0.2) is 11.5 Å². The number of piperidine rings is 1. The van der Waals surface area contributed by atoms with E-state index >= 15 is 0 Å². The largest absolute Gasteiger partial charge is 0.481 e. The Hall–Kier alpha value is -2.70. The van der Waals surface area contributed by atoms with Crippen LogP contribution in [0.3, 0.4) is 0 Å². The van der Waals surface area contributed by atoms with Gasteiger partial charge in [0.25, 0.3) is 5.91 Å². The van der Waals surface area contributed by atoms with Crippen LogP contribution in [0.25, 0.3) is 0 Å². The van der Waals surface area contributed by atoms with E-state index in [1.54, 1.807) is 0 Å². The van der Waals surface area contributed by atoms with Crippen LogP contribution in [0.5, 0.6) is 0 Å². The third kappa shape index (κ3) is 6.72. The average Bonchev–Trinajstić information content (AvgIpc) is 3.34. The quantitative estimate of drug-likeness (QED) is 0.421. The molecule has 1 saturated heterocycles. The van der Waals surface area contributed by atoms with Gasteiger partial charge in [0.05, 0.1) is 45.9 Å². The number of carboxylic acids is 1. The number of halogens is 5. The summed E-state index contributed by atoms with van der Waals surface area (Å²) in [5, 5.41) is 16.4. The van der Waals surface area contributed by atoms with E-state index in [-0.39, 0.29) is 53.9 Å². The molecular formula is C25H28Cl2F3N5O4. The number of nitrogens with one attached hydrogen (secondary N) is 1. The predicted octanol–water partition coefficient (Wildman–Crippen LogP) is 4.89. The van der Waals surface area contributed by atoms with Gasteiger partial charge in [0.2, 0.25) is 0 Å². The number of amides is 1. The number of hydrogen-bond donors (Lipinski definition) is 2. The summed E-state index contributed by atoms with van der Waals surface area (Å²) in [6.45, 7) is 0.136. The molecule has 39 heavy (non-hydrogen) atoms. The second-order valence-corrected chi connectivity index (χ2v) is 10.7. The molecular weight excluding hydrogens is 562 g/mol. The van der Waals surface area contributed by atoms with Crippen molar-refractivity contribution in [3.8, 4) is 0 Å². The topological polar surface area (TPSA) is 117 Å². The van der Waals surface area contributed by atoms with E-state index in [0.29, 0.717) is 13.0 Å². The van der Waals surface area contributed by atoms with E-state index < -0.39 is 53.6 Å². The van der Waals surface area contributed by atoms with Crippen LogP contribution in [0.2, 0.25) is 10.0 Å². The van der Waals surface area contributed by atoms with Crippen LogP contribution in [-0.4, -0.2) is 68.1 Å². The van der Waals surface area contributed by atoms with E-state index in [9.17, 15) is 32.7 Å². The lowest BCUT2D eigenvalue weighted by Crippen LogP contribution is -2.47. The van der Waals surface area contributed by atoms with Gasteiger partial charge < -0.3 is 15.3 Å². The number of carbonyl (C=O) groups is 3. The number of Topliss-reactive ketones (excluding diaryl/α,β-unsaturated/α-hetero) is 1. The summed E-state index contributed by atoms with van der Waals surface area (Å²) in [5.41, 5.74) is -1.94. The smallest absolute Gasteiger partial charge is 0.433 e. The number of nitrogens with zero attached hydrogens (tertiary/aromatic N) is 4. The minimum absolute atomic E-state index is 0.00288. The minimum Gasteiger partial charge on any atom is -0.481 e. The molecule has 1 amide bonds. The molecule has 2 aliphatic rings. The van der Waals surface area contributed by atoms with Crippen LogP contribution >= 0.6 is 23.2 Å². The summed E-state index contributed by atoms with van der Waals surface area (Å²) >= 11 is 12.2. The number of aromatic nitrogens is 3. The van der Waals surface area contributed by atoms with Crippen LogP contribution in [-0.2, 0) is 11.0 Å². The average molecular weight is 590 g/mol. The third-order valence-electron chi connectivity index (χ3n) is 7.29. The molecule has 1 unspecified atom stereocenters. The molecule has 2 aromatic rings. The zero-order chi connectivity index (χ0) is 28.3. The van der Waals surface area contributed by atoms with Gasteiger partial charge in [-0.15, -0.1) is 0 Å².